The number of carboxylic acid groups (broad SMARTS) is 1. The zero-order valence-electron chi connectivity index (χ0n) is 18.1. The number of hydrogen-bond donors (Lipinski definition) is 3. The second-order valence-electron chi connectivity index (χ2n) is 8.46. The molecule has 0 aromatic carbocycles. The molecule has 1 unspecified atom stereocenters. The molecule has 0 saturated carbocycles. The molecule has 2 fully saturated rings. The van der Waals surface area contributed by atoms with Crippen LogP contribution in [0, 0.1) is 0 Å². The summed E-state index contributed by atoms with van der Waals surface area (Å²) in [4.78, 5) is 47.6. The number of nitrogens with two attached hydrogens (primary N) is 1. The molecule has 0 aliphatic carbocycles. The molecule has 178 valence electrons. The number of quaternary nitrogens is 1. The van der Waals surface area contributed by atoms with Crippen LogP contribution in [-0.4, -0.2) is 98.1 Å². The van der Waals surface area contributed by atoms with E-state index < -0.39 is 40.0 Å². The number of anilines is 1. The van der Waals surface area contributed by atoms with E-state index in [1.54, 1.807) is 0 Å². The lowest BCUT2D eigenvalue weighted by atomic mass is 10.0. The molecule has 0 bridgehead atoms. The number of β-lactam (4-membered cyclic amide) rings is 1. The van der Waals surface area contributed by atoms with Crippen molar-refractivity contribution in [2.24, 2.45) is 5.16 Å². The molecule has 1 aromatic rings. The Labute approximate surface area is 196 Å². The number of carbonyl (C=O) groups is 3. The SMILES string of the molecule is CO/N=C(\C(=O)N[C@@H]1C(=O)N2C(C(=O)O)=C(C[N+]3(C)CCCC3)CS(=O)[C@H]12)c1csc(N)n1. The molecule has 4 rings (SSSR count). The highest BCUT2D eigenvalue weighted by atomic mass is 32.2. The van der Waals surface area contributed by atoms with Crippen LogP contribution in [-0.2, 0) is 30.0 Å². The third-order valence-corrected chi connectivity index (χ3v) is 8.40. The van der Waals surface area contributed by atoms with E-state index in [1.165, 1.54) is 12.5 Å². The van der Waals surface area contributed by atoms with Crippen LogP contribution < -0.4 is 11.1 Å². The maximum Gasteiger partial charge on any atom is 0.352 e. The van der Waals surface area contributed by atoms with Gasteiger partial charge in [-0.3, -0.25) is 18.7 Å². The molecule has 2 amide bonds. The normalized spacial score (nSPS) is 26.6. The quantitative estimate of drug-likeness (QED) is 0.188. The summed E-state index contributed by atoms with van der Waals surface area (Å²) < 4.78 is 13.7. The van der Waals surface area contributed by atoms with Gasteiger partial charge in [-0.25, -0.2) is 9.78 Å². The van der Waals surface area contributed by atoms with E-state index in [2.05, 4.69) is 15.5 Å². The summed E-state index contributed by atoms with van der Waals surface area (Å²) in [6, 6.07) is -1.15. The van der Waals surface area contributed by atoms with Crippen molar-refractivity contribution >= 4 is 50.8 Å². The second kappa shape index (κ2) is 8.83. The smallest absolute Gasteiger partial charge is 0.352 e. The number of likely N-dealkylation sites (tertiary alicyclic amines) is 1. The molecule has 0 spiro atoms. The van der Waals surface area contributed by atoms with Gasteiger partial charge in [-0.05, 0) is 0 Å². The molecule has 12 nitrogen and oxygen atoms in total. The van der Waals surface area contributed by atoms with Crippen LogP contribution in [0.25, 0.3) is 0 Å². The van der Waals surface area contributed by atoms with E-state index in [4.69, 9.17) is 10.6 Å². The number of aliphatic carboxylic acids is 1. The van der Waals surface area contributed by atoms with Gasteiger partial charge in [0.1, 0.15) is 36.5 Å². The van der Waals surface area contributed by atoms with Gasteiger partial charge in [-0.2, -0.15) is 0 Å². The van der Waals surface area contributed by atoms with Crippen LogP contribution in [0.3, 0.4) is 0 Å². The van der Waals surface area contributed by atoms with Crippen LogP contribution in [0.4, 0.5) is 5.13 Å². The first kappa shape index (κ1) is 23.3. The van der Waals surface area contributed by atoms with E-state index in [0.29, 0.717) is 16.6 Å². The molecule has 33 heavy (non-hydrogen) atoms. The van der Waals surface area contributed by atoms with Crippen LogP contribution in [0.5, 0.6) is 0 Å². The van der Waals surface area contributed by atoms with Crippen LogP contribution in [0.15, 0.2) is 21.8 Å². The Morgan fingerprint density at radius 2 is 2.15 bits per heavy atom. The predicted octanol–water partition coefficient (Wildman–Crippen LogP) is -0.930. The van der Waals surface area contributed by atoms with Crippen LogP contribution in [0.1, 0.15) is 18.5 Å². The molecule has 2 saturated heterocycles. The molecule has 0 radical (unpaired) electrons. The number of thiazole rings is 1. The van der Waals surface area contributed by atoms with Gasteiger partial charge in [0.15, 0.2) is 10.8 Å². The zero-order chi connectivity index (χ0) is 23.9. The Kier molecular flexibility index (Phi) is 6.24. The van der Waals surface area contributed by atoms with E-state index in [1.807, 2.05) is 7.05 Å². The van der Waals surface area contributed by atoms with Gasteiger partial charge in [-0.1, -0.05) is 5.16 Å². The minimum Gasteiger partial charge on any atom is -0.477 e. The Balaban J connectivity index is 1.57. The highest BCUT2D eigenvalue weighted by Crippen LogP contribution is 2.36. The first-order valence-electron chi connectivity index (χ1n) is 10.3. The largest absolute Gasteiger partial charge is 0.477 e. The number of amides is 2. The van der Waals surface area contributed by atoms with Crippen LogP contribution >= 0.6 is 11.3 Å². The number of oxime groups is 1. The van der Waals surface area contributed by atoms with E-state index in [9.17, 15) is 23.7 Å². The second-order valence-corrected chi connectivity index (χ2v) is 10.9. The number of nitrogen functional groups attached to an aromatic ring is 1. The standard InChI is InChI=1S/C19H24N6O6S2/c1-25(5-3-4-6-25)7-10-9-33(30)17-13(16(27)24(17)14(10)18(28)29)22-15(26)12(23-31-2)11-8-32-19(20)21-11/h8,13,17H,3-7,9H2,1-2H3,(H3-,20,21,22,26,28,29)/p+1/b23-12-/t13-,17-,33?/m1/s1. The van der Waals surface area contributed by atoms with Crippen molar-refractivity contribution in [3.8, 4) is 0 Å². The fraction of sp³-hybridized carbons (Fsp3) is 0.526. The lowest BCUT2D eigenvalue weighted by molar-refractivity contribution is -0.893. The number of nitrogens with zero attached hydrogens (tertiary/aromatic N) is 4. The third-order valence-electron chi connectivity index (χ3n) is 6.07. The topological polar surface area (TPSA) is 164 Å². The van der Waals surface area contributed by atoms with Crippen molar-refractivity contribution in [2.45, 2.75) is 24.3 Å². The van der Waals surface area contributed by atoms with Crippen molar-refractivity contribution in [1.82, 2.24) is 15.2 Å². The van der Waals surface area contributed by atoms with Crippen molar-refractivity contribution in [3.63, 3.8) is 0 Å². The van der Waals surface area contributed by atoms with Crippen molar-refractivity contribution in [3.05, 3.63) is 22.3 Å². The predicted molar refractivity (Wildman–Crippen MR) is 120 cm³/mol. The van der Waals surface area contributed by atoms with Gasteiger partial charge in [0.25, 0.3) is 11.8 Å². The van der Waals surface area contributed by atoms with Crippen molar-refractivity contribution in [1.29, 1.82) is 0 Å². The molecule has 3 atom stereocenters. The summed E-state index contributed by atoms with van der Waals surface area (Å²) in [7, 11) is 1.71. The molecular weight excluding hydrogens is 472 g/mol. The molecular formula is C19H25N6O6S2+. The number of rotatable bonds is 7. The van der Waals surface area contributed by atoms with E-state index in [0.717, 1.165) is 42.2 Å². The lowest BCUT2D eigenvalue weighted by Gasteiger charge is -2.49. The Hall–Kier alpha value is -2.84. The molecule has 3 aliphatic heterocycles. The van der Waals surface area contributed by atoms with Crippen LogP contribution in [0.2, 0.25) is 0 Å². The number of carboxylic acids is 1. The summed E-state index contributed by atoms with van der Waals surface area (Å²) in [6.45, 7) is 2.24. The third kappa shape index (κ3) is 4.25. The van der Waals surface area contributed by atoms with E-state index in [-0.39, 0.29) is 28.0 Å². The minimum atomic E-state index is -1.58. The zero-order valence-corrected chi connectivity index (χ0v) is 19.8. The molecule has 3 aliphatic rings. The molecule has 1 aromatic heterocycles. The highest BCUT2D eigenvalue weighted by molar-refractivity contribution is 7.86. The van der Waals surface area contributed by atoms with Gasteiger partial charge in [0.2, 0.25) is 0 Å². The molecule has 4 N–H and O–H groups in total. The Morgan fingerprint density at radius 3 is 2.73 bits per heavy atom. The summed E-state index contributed by atoms with van der Waals surface area (Å²) in [5.74, 6) is -2.60. The van der Waals surface area contributed by atoms with Crippen molar-refractivity contribution < 1.29 is 33.0 Å². The number of carbonyl (C=O) groups excluding carboxylic acids is 2. The van der Waals surface area contributed by atoms with Gasteiger partial charge < -0.3 is 25.5 Å². The average Bonchev–Trinajstić information content (AvgIpc) is 3.37. The van der Waals surface area contributed by atoms with Crippen molar-refractivity contribution in [2.75, 3.05) is 45.3 Å². The number of hydrogen-bond acceptors (Lipinski definition) is 9. The highest BCUT2D eigenvalue weighted by Gasteiger charge is 2.58. The van der Waals surface area contributed by atoms with Gasteiger partial charge in [0.05, 0.1) is 36.7 Å². The number of likely N-dealkylation sites (N-methyl/N-ethyl adjacent to an activating group) is 1. The summed E-state index contributed by atoms with van der Waals surface area (Å²) >= 11 is 1.10. The minimum absolute atomic E-state index is 0.0396. The summed E-state index contributed by atoms with van der Waals surface area (Å²) in [5, 5.41) is 16.8. The monoisotopic (exact) mass is 497 g/mol. The lowest BCUT2D eigenvalue weighted by Crippen LogP contribution is -2.74. The number of aromatic nitrogens is 1. The van der Waals surface area contributed by atoms with Gasteiger partial charge in [0, 0.05) is 23.8 Å². The average molecular weight is 498 g/mol. The number of fused-ring (bicyclic) bond motifs is 1. The Morgan fingerprint density at radius 1 is 1.45 bits per heavy atom. The fourth-order valence-electron chi connectivity index (χ4n) is 4.59. The maximum atomic E-state index is 13.1. The van der Waals surface area contributed by atoms with E-state index >= 15 is 0 Å². The fourth-order valence-corrected chi connectivity index (χ4v) is 6.82. The van der Waals surface area contributed by atoms with Gasteiger partial charge >= 0.3 is 5.97 Å². The number of nitrogens with one attached hydrogen (secondary N) is 1. The first-order chi connectivity index (χ1) is 15.6. The Bertz CT molecular complexity index is 1090. The molecule has 14 heteroatoms. The first-order valence-corrected chi connectivity index (χ1v) is 12.5. The summed E-state index contributed by atoms with van der Waals surface area (Å²) in [5.41, 5.74) is 5.97. The van der Waals surface area contributed by atoms with Gasteiger partial charge in [-0.15, -0.1) is 11.3 Å². The maximum absolute atomic E-state index is 13.1. The summed E-state index contributed by atoms with van der Waals surface area (Å²) in [6.07, 6.45) is 2.09. The molecule has 4 heterocycles.